The van der Waals surface area contributed by atoms with Gasteiger partial charge in [-0.25, -0.2) is 0 Å². The summed E-state index contributed by atoms with van der Waals surface area (Å²) in [5.41, 5.74) is 3.06. The Morgan fingerprint density at radius 2 is 1.91 bits per heavy atom. The summed E-state index contributed by atoms with van der Waals surface area (Å²) in [7, 11) is 3.26. The largest absolute Gasteiger partial charge is 0.469 e. The number of hydrogen-bond acceptors (Lipinski definition) is 8. The van der Waals surface area contributed by atoms with E-state index in [4.69, 9.17) is 9.15 Å². The van der Waals surface area contributed by atoms with E-state index in [2.05, 4.69) is 25.8 Å². The average molecular weight is 446 g/mol. The van der Waals surface area contributed by atoms with Gasteiger partial charge in [0.2, 0.25) is 11.5 Å². The third-order valence-corrected chi connectivity index (χ3v) is 5.00. The lowest BCUT2D eigenvalue weighted by Gasteiger charge is -2.15. The molecular formula is C23H22N6O4. The van der Waals surface area contributed by atoms with Crippen LogP contribution in [0.25, 0.3) is 11.0 Å². The number of nitrogens with zero attached hydrogens (tertiary/aromatic N) is 4. The number of ether oxygens (including phenoxy) is 1. The predicted octanol–water partition coefficient (Wildman–Crippen LogP) is 3.28. The summed E-state index contributed by atoms with van der Waals surface area (Å²) < 4.78 is 11.4. The first kappa shape index (κ1) is 21.8. The molecule has 0 radical (unpaired) electrons. The van der Waals surface area contributed by atoms with E-state index >= 15 is 0 Å². The zero-order valence-electron chi connectivity index (χ0n) is 18.3. The second-order valence-electron chi connectivity index (χ2n) is 7.18. The molecule has 0 saturated heterocycles. The van der Waals surface area contributed by atoms with Crippen LogP contribution in [0.1, 0.15) is 23.0 Å². The minimum absolute atomic E-state index is 0.0473. The van der Waals surface area contributed by atoms with Gasteiger partial charge in [-0.2, -0.15) is 0 Å². The number of hydrogen-bond donors (Lipinski definition) is 2. The van der Waals surface area contributed by atoms with Gasteiger partial charge in [0, 0.05) is 38.6 Å². The van der Waals surface area contributed by atoms with Gasteiger partial charge in [-0.1, -0.05) is 0 Å². The van der Waals surface area contributed by atoms with E-state index in [1.807, 2.05) is 24.3 Å². The Morgan fingerprint density at radius 1 is 1.12 bits per heavy atom. The van der Waals surface area contributed by atoms with Crippen LogP contribution in [0.2, 0.25) is 0 Å². The Bertz CT molecular complexity index is 1300. The highest BCUT2D eigenvalue weighted by Crippen LogP contribution is 2.31. The summed E-state index contributed by atoms with van der Waals surface area (Å²) in [5, 5.41) is 14.8. The second kappa shape index (κ2) is 9.35. The molecule has 0 unspecified atom stereocenters. The van der Waals surface area contributed by atoms with Gasteiger partial charge >= 0.3 is 0 Å². The number of amides is 2. The minimum atomic E-state index is -0.276. The van der Waals surface area contributed by atoms with Crippen molar-refractivity contribution in [2.24, 2.45) is 0 Å². The van der Waals surface area contributed by atoms with Crippen LogP contribution in [0, 0.1) is 0 Å². The minimum Gasteiger partial charge on any atom is -0.469 e. The Kier molecular flexibility index (Phi) is 6.16. The molecule has 0 aliphatic heterocycles. The lowest BCUT2D eigenvalue weighted by atomic mass is 10.2. The highest BCUT2D eigenvalue weighted by molar-refractivity contribution is 5.93. The molecule has 0 atom stereocenters. The van der Waals surface area contributed by atoms with Gasteiger partial charge in [-0.3, -0.25) is 14.6 Å². The van der Waals surface area contributed by atoms with Crippen molar-refractivity contribution < 1.29 is 18.7 Å². The molecule has 4 rings (SSSR count). The zero-order chi connectivity index (χ0) is 23.4. The van der Waals surface area contributed by atoms with Crippen LogP contribution in [0.3, 0.4) is 0 Å². The summed E-state index contributed by atoms with van der Waals surface area (Å²) in [6.07, 6.45) is 3.08. The number of carbonyl (C=O) groups excluding carboxylic acids is 2. The van der Waals surface area contributed by atoms with E-state index in [-0.39, 0.29) is 24.3 Å². The van der Waals surface area contributed by atoms with Crippen LogP contribution in [0.4, 0.5) is 17.2 Å². The van der Waals surface area contributed by atoms with E-state index in [9.17, 15) is 9.59 Å². The third kappa shape index (κ3) is 4.74. The smallest absolute Gasteiger partial charge is 0.278 e. The molecule has 2 N–H and O–H groups in total. The molecule has 3 aromatic heterocycles. The summed E-state index contributed by atoms with van der Waals surface area (Å²) >= 11 is 0. The Morgan fingerprint density at radius 3 is 2.64 bits per heavy atom. The molecule has 168 valence electrons. The van der Waals surface area contributed by atoms with E-state index in [0.717, 1.165) is 16.9 Å². The van der Waals surface area contributed by atoms with Crippen LogP contribution in [0.5, 0.6) is 5.88 Å². The van der Waals surface area contributed by atoms with Crippen LogP contribution in [-0.2, 0) is 11.4 Å². The average Bonchev–Trinajstić information content (AvgIpc) is 3.34. The van der Waals surface area contributed by atoms with E-state index < -0.39 is 0 Å². The van der Waals surface area contributed by atoms with Gasteiger partial charge in [0.05, 0.1) is 11.6 Å². The summed E-state index contributed by atoms with van der Waals surface area (Å²) in [6, 6.07) is 12.5. The molecule has 33 heavy (non-hydrogen) atoms. The lowest BCUT2D eigenvalue weighted by molar-refractivity contribution is -0.116. The molecule has 4 aromatic rings. The van der Waals surface area contributed by atoms with Gasteiger partial charge in [-0.15, -0.1) is 10.2 Å². The number of fused-ring (bicyclic) bond motifs is 1. The van der Waals surface area contributed by atoms with Gasteiger partial charge in [0.25, 0.3) is 11.8 Å². The molecule has 10 heteroatoms. The van der Waals surface area contributed by atoms with Crippen molar-refractivity contribution in [3.05, 3.63) is 66.2 Å². The van der Waals surface area contributed by atoms with Gasteiger partial charge in [0.1, 0.15) is 12.3 Å². The first-order chi connectivity index (χ1) is 16.0. The van der Waals surface area contributed by atoms with Crippen molar-refractivity contribution in [2.75, 3.05) is 24.3 Å². The fraction of sp³-hybridized carbons (Fsp3) is 0.174. The lowest BCUT2D eigenvalue weighted by Crippen LogP contribution is -2.22. The number of pyridine rings is 1. The number of nitrogens with one attached hydrogen (secondary N) is 2. The molecule has 0 bridgehead atoms. The molecular weight excluding hydrogens is 424 g/mol. The number of furan rings is 1. The molecule has 0 spiro atoms. The maximum Gasteiger partial charge on any atom is 0.278 e. The molecule has 0 fully saturated rings. The van der Waals surface area contributed by atoms with Crippen LogP contribution >= 0.6 is 0 Å². The molecule has 0 aliphatic carbocycles. The summed E-state index contributed by atoms with van der Waals surface area (Å²) in [6.45, 7) is 1.67. The molecule has 10 nitrogen and oxygen atoms in total. The normalized spacial score (nSPS) is 10.6. The quantitative estimate of drug-likeness (QED) is 0.443. The van der Waals surface area contributed by atoms with Crippen molar-refractivity contribution in [2.45, 2.75) is 13.5 Å². The number of benzene rings is 1. The third-order valence-electron chi connectivity index (χ3n) is 5.00. The van der Waals surface area contributed by atoms with Crippen molar-refractivity contribution in [3.8, 4) is 5.88 Å². The number of aromatic nitrogens is 3. The van der Waals surface area contributed by atoms with Crippen LogP contribution in [-0.4, -0.2) is 41.1 Å². The van der Waals surface area contributed by atoms with Crippen molar-refractivity contribution in [1.29, 1.82) is 0 Å². The SMILES string of the molecule is CNC(=O)c1cc(COc2nnc(Nc3ccc(N(C)C(C)=O)cc3)c3ccoc23)ccn1. The molecule has 0 aliphatic rings. The molecule has 0 saturated carbocycles. The molecule has 3 heterocycles. The van der Waals surface area contributed by atoms with E-state index in [1.165, 1.54) is 13.2 Å². The van der Waals surface area contributed by atoms with Gasteiger partial charge in [-0.05, 0) is 48.0 Å². The van der Waals surface area contributed by atoms with Gasteiger partial charge < -0.3 is 24.7 Å². The maximum absolute atomic E-state index is 11.8. The first-order valence-corrected chi connectivity index (χ1v) is 10.1. The number of carbonyl (C=O) groups is 2. The first-order valence-electron chi connectivity index (χ1n) is 10.1. The standard InChI is InChI=1S/C23H22N6O4/c1-14(30)29(3)17-6-4-16(5-7-17)26-21-18-9-11-32-20(18)23(28-27-21)33-13-15-8-10-25-19(12-15)22(31)24-2/h4-12H,13H2,1-3H3,(H,24,31)(H,26,27). The summed E-state index contributed by atoms with van der Waals surface area (Å²) in [4.78, 5) is 28.9. The fourth-order valence-electron chi connectivity index (χ4n) is 3.10. The van der Waals surface area contributed by atoms with Crippen molar-refractivity contribution in [3.63, 3.8) is 0 Å². The fourth-order valence-corrected chi connectivity index (χ4v) is 3.10. The highest BCUT2D eigenvalue weighted by atomic mass is 16.5. The zero-order valence-corrected chi connectivity index (χ0v) is 18.3. The topological polar surface area (TPSA) is 122 Å². The van der Waals surface area contributed by atoms with Crippen molar-refractivity contribution >= 4 is 40.0 Å². The highest BCUT2D eigenvalue weighted by Gasteiger charge is 2.15. The summed E-state index contributed by atoms with van der Waals surface area (Å²) in [5.74, 6) is 0.414. The van der Waals surface area contributed by atoms with Crippen molar-refractivity contribution in [1.82, 2.24) is 20.5 Å². The second-order valence-corrected chi connectivity index (χ2v) is 7.18. The van der Waals surface area contributed by atoms with Gasteiger partial charge in [0.15, 0.2) is 5.82 Å². The monoisotopic (exact) mass is 446 g/mol. The van der Waals surface area contributed by atoms with Crippen LogP contribution < -0.4 is 20.3 Å². The Balaban J connectivity index is 1.51. The predicted molar refractivity (Wildman–Crippen MR) is 123 cm³/mol. The van der Waals surface area contributed by atoms with E-state index in [0.29, 0.717) is 22.5 Å². The van der Waals surface area contributed by atoms with E-state index in [1.54, 1.807) is 43.4 Å². The molecule has 2 amide bonds. The number of anilines is 3. The molecule has 1 aromatic carbocycles. The maximum atomic E-state index is 11.8. The number of rotatable bonds is 7. The Labute approximate surface area is 189 Å². The van der Waals surface area contributed by atoms with Crippen LogP contribution in [0.15, 0.2) is 59.3 Å². The Hall–Kier alpha value is -4.47.